The summed E-state index contributed by atoms with van der Waals surface area (Å²) in [6.07, 6.45) is 3.85. The molecule has 41 heavy (non-hydrogen) atoms. The van der Waals surface area contributed by atoms with Crippen LogP contribution in [0.4, 0.5) is 0 Å². The summed E-state index contributed by atoms with van der Waals surface area (Å²) in [6, 6.07) is 0. The first-order chi connectivity index (χ1) is 19.0. The number of rotatable bonds is 5. The van der Waals surface area contributed by atoms with Crippen LogP contribution in [0, 0.1) is 46.3 Å². The fraction of sp³-hybridized carbons (Fsp3) is 0.750. The zero-order valence-electron chi connectivity index (χ0n) is 25.1. The van der Waals surface area contributed by atoms with Gasteiger partial charge in [0.25, 0.3) is 0 Å². The number of ketones is 1. The SMILES string of the molecule is CC(=O)O[C@H]1C[C@H]2[C@@H]3C[C@@H](O)C4=CC=CC(=O)[C@]4(C)[C@H]3CC[C@]2(C)[C@H]1[C@@](C)(O)[C@H](OC(C)=O)[C@@H]1OC(=O)[C@H](C)[C@H]1C. The van der Waals surface area contributed by atoms with Gasteiger partial charge in [0, 0.05) is 25.7 Å². The zero-order chi connectivity index (χ0) is 30.2. The second-order valence-electron chi connectivity index (χ2n) is 13.9. The normalized spacial score (nSPS) is 45.4. The number of hydrogen-bond acceptors (Lipinski definition) is 9. The lowest BCUT2D eigenvalue weighted by Crippen LogP contribution is -2.62. The van der Waals surface area contributed by atoms with Crippen molar-refractivity contribution in [1.29, 1.82) is 0 Å². The van der Waals surface area contributed by atoms with Gasteiger partial charge in [0.15, 0.2) is 11.9 Å². The smallest absolute Gasteiger partial charge is 0.309 e. The van der Waals surface area contributed by atoms with Crippen molar-refractivity contribution in [3.05, 3.63) is 23.8 Å². The number of carbonyl (C=O) groups is 4. The highest BCUT2D eigenvalue weighted by Crippen LogP contribution is 2.68. The summed E-state index contributed by atoms with van der Waals surface area (Å²) in [5.74, 6) is -3.11. The van der Waals surface area contributed by atoms with E-state index in [2.05, 4.69) is 6.92 Å². The van der Waals surface area contributed by atoms with E-state index in [0.717, 1.165) is 5.57 Å². The molecule has 4 aliphatic carbocycles. The Hall–Kier alpha value is -2.52. The summed E-state index contributed by atoms with van der Waals surface area (Å²) in [5.41, 5.74) is -2.39. The molecule has 9 heteroatoms. The summed E-state index contributed by atoms with van der Waals surface area (Å²) in [6.45, 7) is 11.8. The minimum Gasteiger partial charge on any atom is -0.462 e. The Kier molecular flexibility index (Phi) is 7.34. The second kappa shape index (κ2) is 10.0. The van der Waals surface area contributed by atoms with Gasteiger partial charge in [0.2, 0.25) is 0 Å². The Labute approximate surface area is 241 Å². The third-order valence-electron chi connectivity index (χ3n) is 11.7. The summed E-state index contributed by atoms with van der Waals surface area (Å²) < 4.78 is 17.4. The Bertz CT molecular complexity index is 1200. The molecule has 0 spiro atoms. The van der Waals surface area contributed by atoms with Gasteiger partial charge in [-0.2, -0.15) is 0 Å². The highest BCUT2D eigenvalue weighted by atomic mass is 16.6. The van der Waals surface area contributed by atoms with E-state index in [1.54, 1.807) is 26.0 Å². The molecule has 0 aromatic heterocycles. The van der Waals surface area contributed by atoms with Crippen LogP contribution < -0.4 is 0 Å². The third kappa shape index (κ3) is 4.41. The van der Waals surface area contributed by atoms with E-state index in [4.69, 9.17) is 14.2 Å². The Balaban J connectivity index is 1.57. The number of cyclic esters (lactones) is 1. The number of ether oxygens (including phenoxy) is 3. The molecule has 226 valence electrons. The zero-order valence-corrected chi connectivity index (χ0v) is 25.1. The van der Waals surface area contributed by atoms with Crippen LogP contribution in [0.5, 0.6) is 0 Å². The monoisotopic (exact) mass is 572 g/mol. The molecule has 5 rings (SSSR count). The van der Waals surface area contributed by atoms with E-state index in [-0.39, 0.29) is 29.5 Å². The lowest BCUT2D eigenvalue weighted by Gasteiger charge is -2.59. The Morgan fingerprint density at radius 1 is 1.12 bits per heavy atom. The molecule has 0 unspecified atom stereocenters. The van der Waals surface area contributed by atoms with Crippen LogP contribution in [-0.4, -0.2) is 63.9 Å². The number of allylic oxidation sites excluding steroid dienone is 3. The molecule has 0 radical (unpaired) electrons. The summed E-state index contributed by atoms with van der Waals surface area (Å²) in [4.78, 5) is 50.6. The van der Waals surface area contributed by atoms with Gasteiger partial charge in [0.1, 0.15) is 17.8 Å². The maximum atomic E-state index is 13.3. The molecular weight excluding hydrogens is 528 g/mol. The molecular formula is C32H44O9. The van der Waals surface area contributed by atoms with E-state index in [1.165, 1.54) is 13.8 Å². The van der Waals surface area contributed by atoms with Crippen LogP contribution in [0.3, 0.4) is 0 Å². The number of carbonyl (C=O) groups excluding carboxylic acids is 4. The number of hydrogen-bond donors (Lipinski definition) is 2. The van der Waals surface area contributed by atoms with Crippen molar-refractivity contribution in [1.82, 2.24) is 0 Å². The van der Waals surface area contributed by atoms with Crippen LogP contribution in [0.15, 0.2) is 23.8 Å². The van der Waals surface area contributed by atoms with Crippen molar-refractivity contribution in [2.75, 3.05) is 0 Å². The van der Waals surface area contributed by atoms with E-state index < -0.39 is 70.6 Å². The van der Waals surface area contributed by atoms with Crippen molar-refractivity contribution in [3.8, 4) is 0 Å². The maximum Gasteiger partial charge on any atom is 0.309 e. The van der Waals surface area contributed by atoms with Gasteiger partial charge in [-0.3, -0.25) is 19.2 Å². The van der Waals surface area contributed by atoms with Gasteiger partial charge in [-0.1, -0.05) is 32.9 Å². The molecule has 5 aliphatic rings. The highest BCUT2D eigenvalue weighted by molar-refractivity contribution is 5.99. The van der Waals surface area contributed by atoms with Gasteiger partial charge in [0.05, 0.1) is 17.4 Å². The van der Waals surface area contributed by atoms with Crippen molar-refractivity contribution >= 4 is 23.7 Å². The first-order valence-electron chi connectivity index (χ1n) is 14.9. The maximum absolute atomic E-state index is 13.3. The molecule has 1 saturated heterocycles. The minimum absolute atomic E-state index is 0.00786. The first-order valence-corrected chi connectivity index (χ1v) is 14.9. The molecule has 1 aliphatic heterocycles. The number of esters is 3. The van der Waals surface area contributed by atoms with Crippen molar-refractivity contribution in [3.63, 3.8) is 0 Å². The van der Waals surface area contributed by atoms with Crippen LogP contribution in [0.1, 0.15) is 74.1 Å². The molecule has 0 aromatic carbocycles. The first kappa shape index (κ1) is 30.0. The molecule has 3 saturated carbocycles. The van der Waals surface area contributed by atoms with Crippen LogP contribution in [-0.2, 0) is 33.4 Å². The molecule has 0 aromatic rings. The fourth-order valence-corrected chi connectivity index (χ4v) is 9.72. The van der Waals surface area contributed by atoms with E-state index in [1.807, 2.05) is 19.9 Å². The van der Waals surface area contributed by atoms with Crippen molar-refractivity contribution in [2.24, 2.45) is 46.3 Å². The van der Waals surface area contributed by atoms with Crippen molar-refractivity contribution in [2.45, 2.75) is 104 Å². The van der Waals surface area contributed by atoms with E-state index >= 15 is 0 Å². The average molecular weight is 573 g/mol. The number of aliphatic hydroxyl groups excluding tert-OH is 1. The van der Waals surface area contributed by atoms with Gasteiger partial charge in [-0.15, -0.1) is 0 Å². The highest BCUT2D eigenvalue weighted by Gasteiger charge is 2.69. The van der Waals surface area contributed by atoms with Crippen LogP contribution >= 0.6 is 0 Å². The largest absolute Gasteiger partial charge is 0.462 e. The molecule has 0 bridgehead atoms. The van der Waals surface area contributed by atoms with E-state index in [9.17, 15) is 29.4 Å². The van der Waals surface area contributed by atoms with E-state index in [0.29, 0.717) is 25.7 Å². The molecule has 9 nitrogen and oxygen atoms in total. The average Bonchev–Trinajstić information content (AvgIpc) is 3.31. The summed E-state index contributed by atoms with van der Waals surface area (Å²) in [5, 5.41) is 23.8. The lowest BCUT2D eigenvalue weighted by atomic mass is 9.45. The predicted molar refractivity (Wildman–Crippen MR) is 147 cm³/mol. The molecule has 2 N–H and O–H groups in total. The van der Waals surface area contributed by atoms with Gasteiger partial charge < -0.3 is 24.4 Å². The molecule has 4 fully saturated rings. The topological polar surface area (TPSA) is 136 Å². The minimum atomic E-state index is -1.74. The Morgan fingerprint density at radius 3 is 2.39 bits per heavy atom. The predicted octanol–water partition coefficient (Wildman–Crippen LogP) is 3.30. The van der Waals surface area contributed by atoms with Crippen LogP contribution in [0.2, 0.25) is 0 Å². The Morgan fingerprint density at radius 2 is 1.80 bits per heavy atom. The number of fused-ring (bicyclic) bond motifs is 5. The summed E-state index contributed by atoms with van der Waals surface area (Å²) in [7, 11) is 0. The van der Waals surface area contributed by atoms with Gasteiger partial charge in [-0.25, -0.2) is 0 Å². The molecule has 13 atom stereocenters. The third-order valence-corrected chi connectivity index (χ3v) is 11.7. The molecule has 1 heterocycles. The second-order valence-corrected chi connectivity index (χ2v) is 13.9. The summed E-state index contributed by atoms with van der Waals surface area (Å²) >= 11 is 0. The molecule has 0 amide bonds. The van der Waals surface area contributed by atoms with Crippen LogP contribution in [0.25, 0.3) is 0 Å². The standard InChI is InChI=1S/C32H44O9/c1-15-16(2)29(37)41-26(15)28(40-18(4)34)32(7,38)27-24(39-17(3)33)14-22-19-13-23(35)21-9-8-10-25(36)31(21,6)20(19)11-12-30(22,27)5/h8-10,15-16,19-20,22-24,26-28,35,38H,11-14H2,1-7H3/t15-,16-,19-,20+,22+,23-,24+,26-,27+,28-,30+,31-,32-/m1/s1. The van der Waals surface area contributed by atoms with Gasteiger partial charge >= 0.3 is 17.9 Å². The fourth-order valence-electron chi connectivity index (χ4n) is 9.72. The number of aliphatic hydroxyl groups is 2. The van der Waals surface area contributed by atoms with Gasteiger partial charge in [-0.05, 0) is 74.3 Å². The lowest BCUT2D eigenvalue weighted by molar-refractivity contribution is -0.217. The quantitative estimate of drug-likeness (QED) is 0.376. The van der Waals surface area contributed by atoms with Crippen molar-refractivity contribution < 1.29 is 43.6 Å².